The van der Waals surface area contributed by atoms with Crippen LogP contribution in [0.5, 0.6) is 0 Å². The third-order valence-electron chi connectivity index (χ3n) is 4.61. The number of aromatic nitrogens is 1. The molecular formula is C17H23N3O. The molecule has 0 bridgehead atoms. The first-order chi connectivity index (χ1) is 10.2. The smallest absolute Gasteiger partial charge is 0.254 e. The van der Waals surface area contributed by atoms with Gasteiger partial charge in [-0.3, -0.25) is 4.79 Å². The lowest BCUT2D eigenvalue weighted by Gasteiger charge is -2.35. The van der Waals surface area contributed by atoms with Crippen LogP contribution in [0, 0.1) is 0 Å². The Kier molecular flexibility index (Phi) is 3.97. The Morgan fingerprint density at radius 1 is 1.29 bits per heavy atom. The zero-order chi connectivity index (χ0) is 14.8. The van der Waals surface area contributed by atoms with Gasteiger partial charge in [0.1, 0.15) is 0 Å². The molecule has 0 saturated heterocycles. The fourth-order valence-electron chi connectivity index (χ4n) is 3.41. The van der Waals surface area contributed by atoms with Crippen molar-refractivity contribution in [3.05, 3.63) is 36.0 Å². The van der Waals surface area contributed by atoms with Gasteiger partial charge in [-0.05, 0) is 50.8 Å². The highest BCUT2D eigenvalue weighted by atomic mass is 16.2. The molecule has 1 aromatic heterocycles. The Labute approximate surface area is 125 Å². The van der Waals surface area contributed by atoms with Crippen LogP contribution in [0.3, 0.4) is 0 Å². The van der Waals surface area contributed by atoms with Gasteiger partial charge in [0, 0.05) is 41.3 Å². The first-order valence-corrected chi connectivity index (χ1v) is 7.83. The SMILES string of the molecule is CCN(C(=O)c1cccc2[nH]ccc12)C1CCC(N)CC1. The molecule has 0 atom stereocenters. The monoisotopic (exact) mass is 285 g/mol. The van der Waals surface area contributed by atoms with E-state index in [1.54, 1.807) is 0 Å². The second-order valence-corrected chi connectivity index (χ2v) is 5.90. The van der Waals surface area contributed by atoms with Gasteiger partial charge in [0.25, 0.3) is 5.91 Å². The molecule has 1 fully saturated rings. The van der Waals surface area contributed by atoms with E-state index in [0.29, 0.717) is 12.1 Å². The molecule has 0 spiro atoms. The van der Waals surface area contributed by atoms with Gasteiger partial charge in [-0.25, -0.2) is 0 Å². The van der Waals surface area contributed by atoms with E-state index < -0.39 is 0 Å². The molecular weight excluding hydrogens is 262 g/mol. The van der Waals surface area contributed by atoms with E-state index in [4.69, 9.17) is 5.73 Å². The molecule has 0 aliphatic heterocycles. The van der Waals surface area contributed by atoms with Gasteiger partial charge in [-0.2, -0.15) is 0 Å². The lowest BCUT2D eigenvalue weighted by Crippen LogP contribution is -2.44. The van der Waals surface area contributed by atoms with Crippen LogP contribution in [0.1, 0.15) is 43.0 Å². The van der Waals surface area contributed by atoms with Crippen molar-refractivity contribution in [2.24, 2.45) is 5.73 Å². The van der Waals surface area contributed by atoms with Gasteiger partial charge < -0.3 is 15.6 Å². The maximum atomic E-state index is 12.9. The minimum absolute atomic E-state index is 0.142. The topological polar surface area (TPSA) is 62.1 Å². The minimum atomic E-state index is 0.142. The van der Waals surface area contributed by atoms with E-state index >= 15 is 0 Å². The summed E-state index contributed by atoms with van der Waals surface area (Å²) in [6.07, 6.45) is 5.96. The summed E-state index contributed by atoms with van der Waals surface area (Å²) in [5, 5.41) is 1.01. The first kappa shape index (κ1) is 14.1. The number of amides is 1. The fraction of sp³-hybridized carbons (Fsp3) is 0.471. The second-order valence-electron chi connectivity index (χ2n) is 5.90. The molecule has 3 N–H and O–H groups in total. The Bertz CT molecular complexity index is 626. The van der Waals surface area contributed by atoms with Crippen LogP contribution in [-0.2, 0) is 0 Å². The van der Waals surface area contributed by atoms with Crippen LogP contribution >= 0.6 is 0 Å². The molecule has 1 aliphatic rings. The molecule has 4 nitrogen and oxygen atoms in total. The van der Waals surface area contributed by atoms with Crippen LogP contribution in [0.4, 0.5) is 0 Å². The van der Waals surface area contributed by atoms with Gasteiger partial charge in [-0.1, -0.05) is 6.07 Å². The lowest BCUT2D eigenvalue weighted by atomic mass is 9.90. The van der Waals surface area contributed by atoms with E-state index in [9.17, 15) is 4.79 Å². The van der Waals surface area contributed by atoms with Crippen molar-refractivity contribution in [2.75, 3.05) is 6.54 Å². The molecule has 1 amide bonds. The van der Waals surface area contributed by atoms with Crippen LogP contribution in [0.25, 0.3) is 10.9 Å². The third kappa shape index (κ3) is 2.68. The lowest BCUT2D eigenvalue weighted by molar-refractivity contribution is 0.0643. The summed E-state index contributed by atoms with van der Waals surface area (Å²) in [7, 11) is 0. The van der Waals surface area contributed by atoms with Crippen molar-refractivity contribution in [3.63, 3.8) is 0 Å². The van der Waals surface area contributed by atoms with Gasteiger partial charge in [0.15, 0.2) is 0 Å². The molecule has 4 heteroatoms. The number of hydrogen-bond donors (Lipinski definition) is 2. The van der Waals surface area contributed by atoms with Crippen molar-refractivity contribution in [1.29, 1.82) is 0 Å². The largest absolute Gasteiger partial charge is 0.361 e. The number of carbonyl (C=O) groups is 1. The summed E-state index contributed by atoms with van der Waals surface area (Å²) in [5.74, 6) is 0.142. The maximum absolute atomic E-state index is 12.9. The molecule has 21 heavy (non-hydrogen) atoms. The number of rotatable bonds is 3. The molecule has 3 rings (SSSR count). The normalized spacial score (nSPS) is 22.4. The van der Waals surface area contributed by atoms with Crippen molar-refractivity contribution < 1.29 is 4.79 Å². The van der Waals surface area contributed by atoms with Crippen molar-refractivity contribution in [3.8, 4) is 0 Å². The molecule has 1 aromatic carbocycles. The Morgan fingerprint density at radius 3 is 2.76 bits per heavy atom. The molecule has 2 aromatic rings. The van der Waals surface area contributed by atoms with Crippen molar-refractivity contribution >= 4 is 16.8 Å². The van der Waals surface area contributed by atoms with Gasteiger partial charge >= 0.3 is 0 Å². The van der Waals surface area contributed by atoms with E-state index in [1.165, 1.54) is 0 Å². The van der Waals surface area contributed by atoms with E-state index in [-0.39, 0.29) is 5.91 Å². The quantitative estimate of drug-likeness (QED) is 0.911. The number of nitrogens with zero attached hydrogens (tertiary/aromatic N) is 1. The Hall–Kier alpha value is -1.81. The average molecular weight is 285 g/mol. The standard InChI is InChI=1S/C17H23N3O/c1-2-20(13-8-6-12(18)7-9-13)17(21)15-4-3-5-16-14(15)10-11-19-16/h3-5,10-13,19H,2,6-9,18H2,1H3. The Balaban J connectivity index is 1.87. The van der Waals surface area contributed by atoms with Crippen molar-refractivity contribution in [1.82, 2.24) is 9.88 Å². The summed E-state index contributed by atoms with van der Waals surface area (Å²) in [4.78, 5) is 18.1. The maximum Gasteiger partial charge on any atom is 0.254 e. The molecule has 0 radical (unpaired) electrons. The highest BCUT2D eigenvalue weighted by Gasteiger charge is 2.28. The first-order valence-electron chi connectivity index (χ1n) is 7.83. The van der Waals surface area contributed by atoms with Crippen LogP contribution in [-0.4, -0.2) is 34.4 Å². The van der Waals surface area contributed by atoms with Gasteiger partial charge in [0.2, 0.25) is 0 Å². The fourth-order valence-corrected chi connectivity index (χ4v) is 3.41. The van der Waals surface area contributed by atoms with E-state index in [0.717, 1.165) is 48.7 Å². The van der Waals surface area contributed by atoms with Crippen LogP contribution in [0.15, 0.2) is 30.5 Å². The number of nitrogens with two attached hydrogens (primary N) is 1. The van der Waals surface area contributed by atoms with Crippen LogP contribution in [0.2, 0.25) is 0 Å². The van der Waals surface area contributed by atoms with E-state index in [1.807, 2.05) is 35.4 Å². The molecule has 1 heterocycles. The highest BCUT2D eigenvalue weighted by molar-refractivity contribution is 6.06. The molecule has 112 valence electrons. The number of aromatic amines is 1. The predicted octanol–water partition coefficient (Wildman–Crippen LogP) is 2.90. The zero-order valence-electron chi connectivity index (χ0n) is 12.5. The Morgan fingerprint density at radius 2 is 2.05 bits per heavy atom. The highest BCUT2D eigenvalue weighted by Crippen LogP contribution is 2.25. The van der Waals surface area contributed by atoms with Gasteiger partial charge in [0.05, 0.1) is 0 Å². The van der Waals surface area contributed by atoms with Gasteiger partial charge in [-0.15, -0.1) is 0 Å². The summed E-state index contributed by atoms with van der Waals surface area (Å²) >= 11 is 0. The summed E-state index contributed by atoms with van der Waals surface area (Å²) in [6.45, 7) is 2.81. The average Bonchev–Trinajstić information content (AvgIpc) is 2.98. The van der Waals surface area contributed by atoms with E-state index in [2.05, 4.69) is 11.9 Å². The second kappa shape index (κ2) is 5.90. The zero-order valence-corrected chi connectivity index (χ0v) is 12.5. The predicted molar refractivity (Wildman–Crippen MR) is 85.2 cm³/mol. The number of benzene rings is 1. The third-order valence-corrected chi connectivity index (χ3v) is 4.61. The molecule has 1 aliphatic carbocycles. The van der Waals surface area contributed by atoms with Crippen LogP contribution < -0.4 is 5.73 Å². The summed E-state index contributed by atoms with van der Waals surface area (Å²) in [6, 6.07) is 8.49. The van der Waals surface area contributed by atoms with Crippen molar-refractivity contribution in [2.45, 2.75) is 44.7 Å². The molecule has 0 unspecified atom stereocenters. The number of carbonyl (C=O) groups excluding carboxylic acids is 1. The minimum Gasteiger partial charge on any atom is -0.361 e. The molecule has 1 saturated carbocycles. The summed E-state index contributed by atoms with van der Waals surface area (Å²) < 4.78 is 0. The number of hydrogen-bond acceptors (Lipinski definition) is 2. The number of nitrogens with one attached hydrogen (secondary N) is 1. The number of fused-ring (bicyclic) bond motifs is 1. The number of H-pyrrole nitrogens is 1. The summed E-state index contributed by atoms with van der Waals surface area (Å²) in [5.41, 5.74) is 7.79.